The molecule has 1 aliphatic rings. The number of H-pyrrole nitrogens is 2. The van der Waals surface area contributed by atoms with Gasteiger partial charge in [-0.05, 0) is 47.0 Å². The number of nitrogens with zero attached hydrogens (tertiary/aromatic N) is 1. The summed E-state index contributed by atoms with van der Waals surface area (Å²) >= 11 is 0. The summed E-state index contributed by atoms with van der Waals surface area (Å²) in [7, 11) is 3.24. The number of aromatic amines is 2. The summed E-state index contributed by atoms with van der Waals surface area (Å²) in [5.41, 5.74) is 0.763. The lowest BCUT2D eigenvalue weighted by atomic mass is 9.80. The molecule has 10 nitrogen and oxygen atoms in total. The highest BCUT2D eigenvalue weighted by Gasteiger charge is 2.42. The van der Waals surface area contributed by atoms with E-state index in [9.17, 15) is 14.7 Å². The SMILES string of the molecule is COc1ccc(C(OC[C@H]2O[C@@H](n3ccc4c(=O)[nH]c(=O)[nH]c43)C[C@H]2O)(c2ccccc2)c2ccc(OC)cc2)cc1. The molecule has 3 N–H and O–H groups in total. The van der Waals surface area contributed by atoms with Crippen molar-refractivity contribution >= 4 is 11.0 Å². The van der Waals surface area contributed by atoms with Crippen LogP contribution in [0.4, 0.5) is 0 Å². The highest BCUT2D eigenvalue weighted by Crippen LogP contribution is 2.43. The number of aliphatic hydroxyl groups is 1. The van der Waals surface area contributed by atoms with Crippen LogP contribution in [0.1, 0.15) is 29.3 Å². The van der Waals surface area contributed by atoms with Gasteiger partial charge in [-0.25, -0.2) is 4.79 Å². The van der Waals surface area contributed by atoms with Gasteiger partial charge in [0.25, 0.3) is 5.56 Å². The fourth-order valence-corrected chi connectivity index (χ4v) is 5.63. The first-order valence-corrected chi connectivity index (χ1v) is 13.6. The Morgan fingerprint density at radius 1 is 0.857 bits per heavy atom. The molecular weight excluding hydrogens is 538 g/mol. The number of ether oxygens (including phenoxy) is 4. The Bertz CT molecular complexity index is 1730. The Labute approximate surface area is 241 Å². The highest BCUT2D eigenvalue weighted by molar-refractivity contribution is 5.74. The molecule has 2 aromatic heterocycles. The molecule has 0 radical (unpaired) electrons. The summed E-state index contributed by atoms with van der Waals surface area (Å²) in [5, 5.41) is 11.4. The van der Waals surface area contributed by atoms with Crippen LogP contribution < -0.4 is 20.7 Å². The lowest BCUT2D eigenvalue weighted by Crippen LogP contribution is -2.38. The van der Waals surface area contributed by atoms with Crippen LogP contribution in [0.15, 0.2) is 101 Å². The molecule has 1 fully saturated rings. The summed E-state index contributed by atoms with van der Waals surface area (Å²) in [5.74, 6) is 1.42. The van der Waals surface area contributed by atoms with E-state index in [1.54, 1.807) is 31.0 Å². The van der Waals surface area contributed by atoms with Crippen molar-refractivity contribution in [1.82, 2.24) is 14.5 Å². The molecule has 0 aliphatic carbocycles. The molecule has 3 atom stereocenters. The van der Waals surface area contributed by atoms with Crippen LogP contribution in [-0.2, 0) is 15.1 Å². The average Bonchev–Trinajstić information content (AvgIpc) is 3.61. The van der Waals surface area contributed by atoms with Crippen LogP contribution in [0.5, 0.6) is 11.5 Å². The van der Waals surface area contributed by atoms with Gasteiger partial charge in [0, 0.05) is 12.6 Å². The van der Waals surface area contributed by atoms with Gasteiger partial charge in [0.1, 0.15) is 35.1 Å². The van der Waals surface area contributed by atoms with Gasteiger partial charge in [-0.2, -0.15) is 0 Å². The molecular formula is C32H31N3O7. The van der Waals surface area contributed by atoms with E-state index in [1.807, 2.05) is 78.9 Å². The molecule has 0 unspecified atom stereocenters. The standard InChI is InChI=1S/C32H31N3O7/c1-39-23-12-8-21(9-13-23)32(20-6-4-3-5-7-20,22-10-14-24(40-2)15-11-22)41-19-27-26(36)18-28(42-27)35-17-16-25-29(35)33-31(38)34-30(25)37/h3-17,26-28,36H,18-19H2,1-2H3,(H2,33,34,37,38)/t26-,27-,28-/m1/s1. The number of benzene rings is 3. The fourth-order valence-electron chi connectivity index (χ4n) is 5.63. The monoisotopic (exact) mass is 569 g/mol. The quantitative estimate of drug-likeness (QED) is 0.231. The van der Waals surface area contributed by atoms with Crippen LogP contribution in [0, 0.1) is 0 Å². The topological polar surface area (TPSA) is 128 Å². The summed E-state index contributed by atoms with van der Waals surface area (Å²) in [6.07, 6.45) is -0.256. The molecule has 5 aromatic rings. The number of rotatable bonds is 9. The second kappa shape index (κ2) is 11.3. The number of nitrogens with one attached hydrogen (secondary N) is 2. The molecule has 0 saturated carbocycles. The minimum absolute atomic E-state index is 0.0426. The van der Waals surface area contributed by atoms with E-state index in [2.05, 4.69) is 9.97 Å². The van der Waals surface area contributed by atoms with Crippen LogP contribution in [0.25, 0.3) is 11.0 Å². The van der Waals surface area contributed by atoms with Gasteiger partial charge < -0.3 is 28.6 Å². The normalized spacial score (nSPS) is 18.8. The Morgan fingerprint density at radius 2 is 1.45 bits per heavy atom. The van der Waals surface area contributed by atoms with Crippen LogP contribution >= 0.6 is 0 Å². The lowest BCUT2D eigenvalue weighted by Gasteiger charge is -2.37. The van der Waals surface area contributed by atoms with E-state index in [4.69, 9.17) is 18.9 Å². The number of aliphatic hydroxyl groups excluding tert-OH is 1. The van der Waals surface area contributed by atoms with Crippen LogP contribution in [-0.4, -0.2) is 52.7 Å². The Balaban J connectivity index is 1.37. The largest absolute Gasteiger partial charge is 0.497 e. The van der Waals surface area contributed by atoms with E-state index >= 15 is 0 Å². The molecule has 0 spiro atoms. The molecule has 42 heavy (non-hydrogen) atoms. The molecule has 1 saturated heterocycles. The summed E-state index contributed by atoms with van der Waals surface area (Å²) in [6.45, 7) is 0.0426. The van der Waals surface area contributed by atoms with E-state index in [0.29, 0.717) is 22.5 Å². The predicted molar refractivity (Wildman–Crippen MR) is 156 cm³/mol. The number of hydrogen-bond donors (Lipinski definition) is 3. The average molecular weight is 570 g/mol. The van der Waals surface area contributed by atoms with E-state index in [1.165, 1.54) is 0 Å². The van der Waals surface area contributed by atoms with Gasteiger partial charge in [-0.3, -0.25) is 14.8 Å². The van der Waals surface area contributed by atoms with Crippen LogP contribution in [0.2, 0.25) is 0 Å². The summed E-state index contributed by atoms with van der Waals surface area (Å²) in [6, 6.07) is 26.9. The maximum Gasteiger partial charge on any atom is 0.327 e. The smallest absolute Gasteiger partial charge is 0.327 e. The fraction of sp³-hybridized carbons (Fsp3) is 0.250. The van der Waals surface area contributed by atoms with E-state index in [0.717, 1.165) is 16.7 Å². The number of hydrogen-bond acceptors (Lipinski definition) is 7. The molecule has 1 aliphatic heterocycles. The predicted octanol–water partition coefficient (Wildman–Crippen LogP) is 3.69. The Hall–Kier alpha value is -4.64. The zero-order chi connectivity index (χ0) is 29.3. The van der Waals surface area contributed by atoms with Crippen molar-refractivity contribution in [1.29, 1.82) is 0 Å². The third kappa shape index (κ3) is 4.89. The first kappa shape index (κ1) is 27.5. The van der Waals surface area contributed by atoms with Gasteiger partial charge >= 0.3 is 5.69 Å². The van der Waals surface area contributed by atoms with Gasteiger partial charge in [0.2, 0.25) is 0 Å². The van der Waals surface area contributed by atoms with Gasteiger partial charge in [-0.1, -0.05) is 54.6 Å². The van der Waals surface area contributed by atoms with Crippen molar-refractivity contribution in [3.05, 3.63) is 129 Å². The molecule has 6 rings (SSSR count). The first-order valence-electron chi connectivity index (χ1n) is 13.6. The third-order valence-electron chi connectivity index (χ3n) is 7.77. The summed E-state index contributed by atoms with van der Waals surface area (Å²) in [4.78, 5) is 29.1. The van der Waals surface area contributed by atoms with Crippen molar-refractivity contribution in [2.45, 2.75) is 30.5 Å². The molecule has 0 amide bonds. The minimum Gasteiger partial charge on any atom is -0.497 e. The number of aromatic nitrogens is 3. The first-order chi connectivity index (χ1) is 20.4. The van der Waals surface area contributed by atoms with Crippen molar-refractivity contribution in [2.75, 3.05) is 20.8 Å². The van der Waals surface area contributed by atoms with Crippen LogP contribution in [0.3, 0.4) is 0 Å². The number of fused-ring (bicyclic) bond motifs is 1. The van der Waals surface area contributed by atoms with E-state index in [-0.39, 0.29) is 13.0 Å². The van der Waals surface area contributed by atoms with Crippen molar-refractivity contribution in [2.24, 2.45) is 0 Å². The van der Waals surface area contributed by atoms with Gasteiger partial charge in [-0.15, -0.1) is 0 Å². The second-order valence-corrected chi connectivity index (χ2v) is 10.1. The maximum absolute atomic E-state index is 12.2. The van der Waals surface area contributed by atoms with Crippen molar-refractivity contribution in [3.8, 4) is 11.5 Å². The van der Waals surface area contributed by atoms with Crippen molar-refractivity contribution < 1.29 is 24.1 Å². The zero-order valence-electron chi connectivity index (χ0n) is 23.2. The molecule has 216 valence electrons. The molecule has 10 heteroatoms. The second-order valence-electron chi connectivity index (χ2n) is 10.1. The lowest BCUT2D eigenvalue weighted by molar-refractivity contribution is -0.0930. The zero-order valence-corrected chi connectivity index (χ0v) is 23.2. The molecule has 3 heterocycles. The third-order valence-corrected chi connectivity index (χ3v) is 7.77. The Morgan fingerprint density at radius 3 is 2.05 bits per heavy atom. The minimum atomic E-state index is -1.07. The highest BCUT2D eigenvalue weighted by atomic mass is 16.6. The Kier molecular flexibility index (Phi) is 7.42. The van der Waals surface area contributed by atoms with Gasteiger partial charge in [0.15, 0.2) is 0 Å². The molecule has 0 bridgehead atoms. The van der Waals surface area contributed by atoms with E-state index < -0.39 is 35.3 Å². The molecule has 3 aromatic carbocycles. The van der Waals surface area contributed by atoms with Gasteiger partial charge in [0.05, 0.1) is 32.3 Å². The number of methoxy groups -OCH3 is 2. The van der Waals surface area contributed by atoms with Crippen molar-refractivity contribution in [3.63, 3.8) is 0 Å². The maximum atomic E-state index is 12.2. The summed E-state index contributed by atoms with van der Waals surface area (Å²) < 4.78 is 25.7.